The largest absolute Gasteiger partial charge is 0.416 e. The average Bonchev–Trinajstić information content (AvgIpc) is 2.60. The van der Waals surface area contributed by atoms with Gasteiger partial charge in [0.25, 0.3) is 0 Å². The Morgan fingerprint density at radius 3 is 2.23 bits per heavy atom. The minimum Gasteiger partial charge on any atom is -0.387 e. The smallest absolute Gasteiger partial charge is 0.387 e. The number of para-hydroxylation sites is 1. The van der Waals surface area contributed by atoms with E-state index in [1.165, 1.54) is 0 Å². The lowest BCUT2D eigenvalue weighted by molar-refractivity contribution is -0.137. The third kappa shape index (κ3) is 5.06. The molecule has 0 aliphatic heterocycles. The van der Waals surface area contributed by atoms with Gasteiger partial charge in [0.05, 0.1) is 11.7 Å². The Balaban J connectivity index is 1.90. The number of aliphatic hydroxyl groups is 1. The van der Waals surface area contributed by atoms with E-state index < -0.39 is 29.7 Å². The Bertz CT molecular complexity index is 789. The number of halogens is 3. The Morgan fingerprint density at radius 1 is 1.04 bits per heavy atom. The Labute approximate surface area is 147 Å². The highest BCUT2D eigenvalue weighted by atomic mass is 19.4. The molecule has 0 saturated heterocycles. The molecule has 0 saturated carbocycles. The first-order valence-corrected chi connectivity index (χ1v) is 7.68. The van der Waals surface area contributed by atoms with Crippen LogP contribution >= 0.6 is 0 Å². The van der Waals surface area contributed by atoms with Gasteiger partial charge in [-0.3, -0.25) is 9.59 Å². The molecule has 2 aromatic rings. The lowest BCUT2D eigenvalue weighted by atomic mass is 10.1. The van der Waals surface area contributed by atoms with Crippen molar-refractivity contribution in [1.29, 1.82) is 0 Å². The molecule has 0 spiro atoms. The van der Waals surface area contributed by atoms with Crippen LogP contribution in [0.2, 0.25) is 0 Å². The van der Waals surface area contributed by atoms with Gasteiger partial charge in [-0.05, 0) is 36.2 Å². The molecule has 138 valence electrons. The molecule has 0 bridgehead atoms. The van der Waals surface area contributed by atoms with E-state index in [-0.39, 0.29) is 12.1 Å². The second kappa shape index (κ2) is 8.01. The number of alkyl halides is 3. The number of amides is 2. The molecule has 8 heteroatoms. The molecule has 0 heterocycles. The quantitative estimate of drug-likeness (QED) is 0.728. The normalized spacial score (nSPS) is 12.3. The monoisotopic (exact) mass is 366 g/mol. The van der Waals surface area contributed by atoms with Crippen LogP contribution in [0.5, 0.6) is 0 Å². The highest BCUT2D eigenvalue weighted by Gasteiger charge is 2.30. The van der Waals surface area contributed by atoms with Gasteiger partial charge >= 0.3 is 18.0 Å². The highest BCUT2D eigenvalue weighted by Crippen LogP contribution is 2.29. The number of nitrogens with one attached hydrogen (secondary N) is 2. The molecule has 0 aliphatic rings. The van der Waals surface area contributed by atoms with Crippen LogP contribution in [0.25, 0.3) is 0 Å². The molecule has 0 aliphatic carbocycles. The van der Waals surface area contributed by atoms with Crippen LogP contribution in [-0.4, -0.2) is 23.5 Å². The number of carbonyl (C=O) groups excluding carboxylic acids is 2. The van der Waals surface area contributed by atoms with Crippen molar-refractivity contribution in [3.05, 3.63) is 65.2 Å². The zero-order chi connectivity index (χ0) is 19.3. The first-order valence-electron chi connectivity index (χ1n) is 7.68. The molecule has 0 radical (unpaired) electrons. The lowest BCUT2D eigenvalue weighted by Gasteiger charge is -2.14. The summed E-state index contributed by atoms with van der Waals surface area (Å²) in [5.74, 6) is -1.86. The molecular formula is C18H17F3N2O3. The molecular weight excluding hydrogens is 349 g/mol. The van der Waals surface area contributed by atoms with Crippen LogP contribution in [0.4, 0.5) is 18.9 Å². The summed E-state index contributed by atoms with van der Waals surface area (Å²) < 4.78 is 37.5. The van der Waals surface area contributed by atoms with E-state index in [9.17, 15) is 27.9 Å². The van der Waals surface area contributed by atoms with Crippen molar-refractivity contribution in [3.63, 3.8) is 0 Å². The first-order chi connectivity index (χ1) is 12.2. The van der Waals surface area contributed by atoms with Gasteiger partial charge in [0, 0.05) is 12.2 Å². The molecule has 2 aromatic carbocycles. The van der Waals surface area contributed by atoms with Crippen LogP contribution in [0, 0.1) is 6.92 Å². The molecule has 2 amide bonds. The van der Waals surface area contributed by atoms with E-state index in [0.717, 1.165) is 29.8 Å². The average molecular weight is 366 g/mol. The molecule has 0 fully saturated rings. The number of anilines is 1. The Kier molecular flexibility index (Phi) is 5.99. The van der Waals surface area contributed by atoms with Gasteiger partial charge in [0.2, 0.25) is 0 Å². The number of hydrogen-bond acceptors (Lipinski definition) is 3. The summed E-state index contributed by atoms with van der Waals surface area (Å²) in [6.45, 7) is 1.45. The summed E-state index contributed by atoms with van der Waals surface area (Å²) in [6, 6.07) is 10.8. The molecule has 0 aromatic heterocycles. The number of aryl methyl sites for hydroxylation is 1. The topological polar surface area (TPSA) is 78.4 Å². The van der Waals surface area contributed by atoms with Crippen molar-refractivity contribution in [3.8, 4) is 0 Å². The summed E-state index contributed by atoms with van der Waals surface area (Å²) in [7, 11) is 0. The van der Waals surface area contributed by atoms with Gasteiger partial charge in [0.15, 0.2) is 0 Å². The molecule has 2 rings (SSSR count). The van der Waals surface area contributed by atoms with Gasteiger partial charge in [0.1, 0.15) is 0 Å². The highest BCUT2D eigenvalue weighted by molar-refractivity contribution is 6.39. The van der Waals surface area contributed by atoms with Crippen molar-refractivity contribution in [2.75, 3.05) is 11.9 Å². The maximum Gasteiger partial charge on any atom is 0.416 e. The van der Waals surface area contributed by atoms with Gasteiger partial charge in [-0.2, -0.15) is 13.2 Å². The second-order valence-corrected chi connectivity index (χ2v) is 5.61. The maximum absolute atomic E-state index is 12.5. The predicted octanol–water partition coefficient (Wildman–Crippen LogP) is 2.80. The number of benzene rings is 2. The summed E-state index contributed by atoms with van der Waals surface area (Å²) in [6.07, 6.45) is -5.71. The van der Waals surface area contributed by atoms with E-state index in [2.05, 4.69) is 10.6 Å². The molecule has 26 heavy (non-hydrogen) atoms. The van der Waals surface area contributed by atoms with Gasteiger partial charge in [-0.15, -0.1) is 0 Å². The zero-order valence-electron chi connectivity index (χ0n) is 13.8. The summed E-state index contributed by atoms with van der Waals surface area (Å²) in [5.41, 5.74) is 0.613. The summed E-state index contributed by atoms with van der Waals surface area (Å²) in [5, 5.41) is 14.6. The van der Waals surface area contributed by atoms with E-state index >= 15 is 0 Å². The predicted molar refractivity (Wildman–Crippen MR) is 89.2 cm³/mol. The van der Waals surface area contributed by atoms with E-state index in [1.807, 2.05) is 0 Å². The minimum atomic E-state index is -4.47. The van der Waals surface area contributed by atoms with Crippen LogP contribution in [0.1, 0.15) is 22.8 Å². The number of hydrogen-bond donors (Lipinski definition) is 3. The van der Waals surface area contributed by atoms with Crippen molar-refractivity contribution >= 4 is 17.5 Å². The molecule has 3 N–H and O–H groups in total. The molecule has 1 atom stereocenters. The van der Waals surface area contributed by atoms with Crippen LogP contribution in [0.3, 0.4) is 0 Å². The van der Waals surface area contributed by atoms with E-state index in [0.29, 0.717) is 5.69 Å². The first kappa shape index (κ1) is 19.5. The van der Waals surface area contributed by atoms with Gasteiger partial charge < -0.3 is 15.7 Å². The third-order valence-corrected chi connectivity index (χ3v) is 3.68. The van der Waals surface area contributed by atoms with Crippen LogP contribution < -0.4 is 10.6 Å². The van der Waals surface area contributed by atoms with Gasteiger partial charge in [-0.1, -0.05) is 30.3 Å². The van der Waals surface area contributed by atoms with Crippen LogP contribution in [-0.2, 0) is 15.8 Å². The Morgan fingerprint density at radius 2 is 1.65 bits per heavy atom. The second-order valence-electron chi connectivity index (χ2n) is 5.61. The van der Waals surface area contributed by atoms with Crippen molar-refractivity contribution < 1.29 is 27.9 Å². The summed E-state index contributed by atoms with van der Waals surface area (Å²) >= 11 is 0. The van der Waals surface area contributed by atoms with Crippen molar-refractivity contribution in [2.24, 2.45) is 0 Å². The Hall–Kier alpha value is -2.87. The number of carbonyl (C=O) groups is 2. The fourth-order valence-electron chi connectivity index (χ4n) is 2.17. The van der Waals surface area contributed by atoms with E-state index in [1.54, 1.807) is 31.2 Å². The van der Waals surface area contributed by atoms with Crippen molar-refractivity contribution in [1.82, 2.24) is 5.32 Å². The van der Waals surface area contributed by atoms with Crippen molar-refractivity contribution in [2.45, 2.75) is 19.2 Å². The fraction of sp³-hybridized carbons (Fsp3) is 0.222. The van der Waals surface area contributed by atoms with Crippen LogP contribution in [0.15, 0.2) is 48.5 Å². The zero-order valence-corrected chi connectivity index (χ0v) is 13.8. The molecule has 1 unspecified atom stereocenters. The minimum absolute atomic E-state index is 0.192. The SMILES string of the molecule is Cc1ccccc1NC(=O)C(=O)NCC(O)c1ccc(C(F)(F)F)cc1. The lowest BCUT2D eigenvalue weighted by Crippen LogP contribution is -2.37. The standard InChI is InChI=1S/C18H17F3N2O3/c1-11-4-2-3-5-14(11)23-17(26)16(25)22-10-15(24)12-6-8-13(9-7-12)18(19,20)21/h2-9,15,24H,10H2,1H3,(H,22,25)(H,23,26). The molecule has 5 nitrogen and oxygen atoms in total. The van der Waals surface area contributed by atoms with E-state index in [4.69, 9.17) is 0 Å². The number of rotatable bonds is 4. The van der Waals surface area contributed by atoms with Gasteiger partial charge in [-0.25, -0.2) is 0 Å². The maximum atomic E-state index is 12.5. The fourth-order valence-corrected chi connectivity index (χ4v) is 2.17. The third-order valence-electron chi connectivity index (χ3n) is 3.68. The summed E-state index contributed by atoms with van der Waals surface area (Å²) in [4.78, 5) is 23.6. The number of aliphatic hydroxyl groups excluding tert-OH is 1.